The Bertz CT molecular complexity index is 1160. The number of fused-ring (bicyclic) bond motifs is 1. The standard InChI is InChI=1S/C19H12Cl2N4O/c20-14-8-15(21)10-17(9-14)24-7-5-18-23-16(11-19(26)25(18)24)4-3-13-2-1-6-22-12-13/h1-12H. The van der Waals surface area contributed by atoms with Crippen molar-refractivity contribution in [1.29, 1.82) is 0 Å². The molecule has 4 aromatic rings. The van der Waals surface area contributed by atoms with Crippen LogP contribution in [0.25, 0.3) is 23.5 Å². The molecule has 1 aromatic carbocycles. The molecule has 0 radical (unpaired) electrons. The monoisotopic (exact) mass is 382 g/mol. The molecule has 0 bridgehead atoms. The second-order valence-corrected chi connectivity index (χ2v) is 6.47. The van der Waals surface area contributed by atoms with Crippen LogP contribution in [0.3, 0.4) is 0 Å². The molecule has 26 heavy (non-hydrogen) atoms. The summed E-state index contributed by atoms with van der Waals surface area (Å²) in [6.45, 7) is 0. The molecule has 0 amide bonds. The van der Waals surface area contributed by atoms with Gasteiger partial charge in [0, 0.05) is 40.8 Å². The molecule has 3 heterocycles. The highest BCUT2D eigenvalue weighted by atomic mass is 35.5. The van der Waals surface area contributed by atoms with Crippen LogP contribution in [0.4, 0.5) is 0 Å². The van der Waals surface area contributed by atoms with Gasteiger partial charge in [-0.2, -0.15) is 4.52 Å². The Kier molecular flexibility index (Phi) is 4.32. The average Bonchev–Trinajstić information content (AvgIpc) is 3.05. The molecule has 0 N–H and O–H groups in total. The first-order chi connectivity index (χ1) is 12.6. The second kappa shape index (κ2) is 6.78. The van der Waals surface area contributed by atoms with Gasteiger partial charge in [-0.25, -0.2) is 4.98 Å². The first kappa shape index (κ1) is 16.6. The Balaban J connectivity index is 1.78. The predicted molar refractivity (Wildman–Crippen MR) is 104 cm³/mol. The maximum atomic E-state index is 12.6. The highest BCUT2D eigenvalue weighted by Crippen LogP contribution is 2.22. The number of benzene rings is 1. The van der Waals surface area contributed by atoms with E-state index in [9.17, 15) is 4.79 Å². The number of nitrogens with zero attached hydrogens (tertiary/aromatic N) is 4. The van der Waals surface area contributed by atoms with Gasteiger partial charge in [-0.3, -0.25) is 14.5 Å². The molecular formula is C19H12Cl2N4O. The Hall–Kier alpha value is -2.89. The van der Waals surface area contributed by atoms with Crippen molar-refractivity contribution in [2.24, 2.45) is 0 Å². The molecule has 0 atom stereocenters. The van der Waals surface area contributed by atoms with Gasteiger partial charge >= 0.3 is 0 Å². The van der Waals surface area contributed by atoms with Gasteiger partial charge in [0.05, 0.1) is 11.4 Å². The normalized spacial score (nSPS) is 11.5. The van der Waals surface area contributed by atoms with E-state index in [1.165, 1.54) is 10.6 Å². The van der Waals surface area contributed by atoms with E-state index in [0.717, 1.165) is 5.56 Å². The summed E-state index contributed by atoms with van der Waals surface area (Å²) < 4.78 is 3.13. The summed E-state index contributed by atoms with van der Waals surface area (Å²) in [5.41, 5.74) is 2.50. The van der Waals surface area contributed by atoms with Gasteiger partial charge in [0.1, 0.15) is 0 Å². The molecule has 0 aliphatic heterocycles. The zero-order chi connectivity index (χ0) is 18.1. The van der Waals surface area contributed by atoms with E-state index in [1.54, 1.807) is 53.6 Å². The summed E-state index contributed by atoms with van der Waals surface area (Å²) in [4.78, 5) is 21.2. The Morgan fingerprint density at radius 2 is 1.81 bits per heavy atom. The van der Waals surface area contributed by atoms with E-state index < -0.39 is 0 Å². The van der Waals surface area contributed by atoms with Crippen molar-refractivity contribution in [3.8, 4) is 5.69 Å². The van der Waals surface area contributed by atoms with E-state index in [-0.39, 0.29) is 5.56 Å². The van der Waals surface area contributed by atoms with Crippen molar-refractivity contribution in [3.63, 3.8) is 0 Å². The SMILES string of the molecule is O=c1cc(C=Cc2cccnc2)nc2ccn(-c3cc(Cl)cc(Cl)c3)n12. The lowest BCUT2D eigenvalue weighted by Crippen LogP contribution is -2.20. The highest BCUT2D eigenvalue weighted by molar-refractivity contribution is 6.34. The van der Waals surface area contributed by atoms with Crippen LogP contribution in [-0.2, 0) is 0 Å². The number of hydrogen-bond acceptors (Lipinski definition) is 3. The summed E-state index contributed by atoms with van der Waals surface area (Å²) in [5, 5.41) is 0.984. The van der Waals surface area contributed by atoms with E-state index >= 15 is 0 Å². The maximum absolute atomic E-state index is 12.6. The fourth-order valence-corrected chi connectivity index (χ4v) is 3.17. The third kappa shape index (κ3) is 3.27. The molecule has 3 aromatic heterocycles. The van der Waals surface area contributed by atoms with Crippen LogP contribution >= 0.6 is 23.2 Å². The minimum atomic E-state index is -0.207. The molecule has 0 aliphatic rings. The lowest BCUT2D eigenvalue weighted by molar-refractivity contribution is 0.763. The average molecular weight is 383 g/mol. The van der Waals surface area contributed by atoms with E-state index in [0.29, 0.717) is 27.1 Å². The van der Waals surface area contributed by atoms with Gasteiger partial charge in [0.25, 0.3) is 5.56 Å². The molecule has 0 unspecified atom stereocenters. The van der Waals surface area contributed by atoms with Crippen molar-refractivity contribution < 1.29 is 0 Å². The molecule has 0 aliphatic carbocycles. The molecule has 5 nitrogen and oxygen atoms in total. The number of hydrogen-bond donors (Lipinski definition) is 0. The maximum Gasteiger partial charge on any atom is 0.273 e. The summed E-state index contributed by atoms with van der Waals surface area (Å²) in [6, 6.07) is 12.1. The van der Waals surface area contributed by atoms with Crippen LogP contribution in [0.1, 0.15) is 11.3 Å². The molecule has 128 valence electrons. The smallest absolute Gasteiger partial charge is 0.267 e. The fraction of sp³-hybridized carbons (Fsp3) is 0. The summed E-state index contributed by atoms with van der Waals surface area (Å²) in [7, 11) is 0. The minimum absolute atomic E-state index is 0.207. The van der Waals surface area contributed by atoms with E-state index in [4.69, 9.17) is 23.2 Å². The molecule has 0 saturated carbocycles. The van der Waals surface area contributed by atoms with Gasteiger partial charge in [0.2, 0.25) is 0 Å². The Morgan fingerprint density at radius 1 is 1.00 bits per heavy atom. The van der Waals surface area contributed by atoms with Gasteiger partial charge in [-0.1, -0.05) is 35.3 Å². The number of pyridine rings is 1. The van der Waals surface area contributed by atoms with Crippen LogP contribution in [0, 0.1) is 0 Å². The molecule has 4 rings (SSSR count). The van der Waals surface area contributed by atoms with E-state index in [1.807, 2.05) is 18.2 Å². The zero-order valence-corrected chi connectivity index (χ0v) is 14.9. The van der Waals surface area contributed by atoms with Crippen LogP contribution < -0.4 is 5.56 Å². The van der Waals surface area contributed by atoms with Crippen LogP contribution in [0.15, 0.2) is 65.8 Å². The summed E-state index contributed by atoms with van der Waals surface area (Å²) in [5.74, 6) is 0. The Morgan fingerprint density at radius 3 is 2.54 bits per heavy atom. The highest BCUT2D eigenvalue weighted by Gasteiger charge is 2.08. The van der Waals surface area contributed by atoms with Crippen LogP contribution in [0.5, 0.6) is 0 Å². The minimum Gasteiger partial charge on any atom is -0.267 e. The number of aromatic nitrogens is 4. The first-order valence-electron chi connectivity index (χ1n) is 7.76. The van der Waals surface area contributed by atoms with Crippen LogP contribution in [0.2, 0.25) is 10.0 Å². The van der Waals surface area contributed by atoms with Crippen molar-refractivity contribution in [3.05, 3.63) is 92.7 Å². The van der Waals surface area contributed by atoms with Gasteiger partial charge in [0.15, 0.2) is 5.65 Å². The van der Waals surface area contributed by atoms with Gasteiger partial charge < -0.3 is 0 Å². The zero-order valence-electron chi connectivity index (χ0n) is 13.4. The first-order valence-corrected chi connectivity index (χ1v) is 8.52. The number of rotatable bonds is 3. The topological polar surface area (TPSA) is 52.2 Å². The van der Waals surface area contributed by atoms with Crippen molar-refractivity contribution in [2.45, 2.75) is 0 Å². The molecule has 0 spiro atoms. The van der Waals surface area contributed by atoms with Crippen molar-refractivity contribution in [2.75, 3.05) is 0 Å². The molecule has 0 saturated heterocycles. The lowest BCUT2D eigenvalue weighted by atomic mass is 10.2. The summed E-state index contributed by atoms with van der Waals surface area (Å²) in [6.07, 6.45) is 8.84. The van der Waals surface area contributed by atoms with Crippen LogP contribution in [-0.4, -0.2) is 19.2 Å². The molecular weight excluding hydrogens is 371 g/mol. The summed E-state index contributed by atoms with van der Waals surface area (Å²) >= 11 is 12.1. The predicted octanol–water partition coefficient (Wildman–Crippen LogP) is 4.36. The third-order valence-corrected chi connectivity index (χ3v) is 4.20. The van der Waals surface area contributed by atoms with Gasteiger partial charge in [-0.15, -0.1) is 0 Å². The second-order valence-electron chi connectivity index (χ2n) is 5.60. The lowest BCUT2D eigenvalue weighted by Gasteiger charge is -2.08. The molecule has 7 heteroatoms. The van der Waals surface area contributed by atoms with E-state index in [2.05, 4.69) is 9.97 Å². The number of halogens is 2. The van der Waals surface area contributed by atoms with Gasteiger partial charge in [-0.05, 0) is 35.9 Å². The fourth-order valence-electron chi connectivity index (χ4n) is 2.66. The third-order valence-electron chi connectivity index (χ3n) is 3.76. The Labute approximate surface area is 158 Å². The quantitative estimate of drug-likeness (QED) is 0.528. The largest absolute Gasteiger partial charge is 0.273 e. The molecule has 0 fully saturated rings. The van der Waals surface area contributed by atoms with Crippen molar-refractivity contribution in [1.82, 2.24) is 19.2 Å². The van der Waals surface area contributed by atoms with Crippen molar-refractivity contribution >= 4 is 41.0 Å².